The van der Waals surface area contributed by atoms with E-state index in [9.17, 15) is 9.59 Å². The van der Waals surface area contributed by atoms with Crippen LogP contribution in [0.1, 0.15) is 23.7 Å². The Morgan fingerprint density at radius 3 is 2.71 bits per heavy atom. The molecular formula is C24H27N5O5. The highest BCUT2D eigenvalue weighted by atomic mass is 16.5. The number of aromatic nitrogens is 2. The summed E-state index contributed by atoms with van der Waals surface area (Å²) in [5.41, 5.74) is 4.66. The van der Waals surface area contributed by atoms with E-state index < -0.39 is 18.0 Å². The van der Waals surface area contributed by atoms with Gasteiger partial charge in [-0.3, -0.25) is 4.79 Å². The van der Waals surface area contributed by atoms with E-state index in [4.69, 9.17) is 14.2 Å². The van der Waals surface area contributed by atoms with E-state index >= 15 is 0 Å². The van der Waals surface area contributed by atoms with Crippen LogP contribution in [0.15, 0.2) is 66.2 Å². The summed E-state index contributed by atoms with van der Waals surface area (Å²) in [7, 11) is 1.56. The summed E-state index contributed by atoms with van der Waals surface area (Å²) in [6.45, 7) is 2.44. The number of carbonyl (C=O) groups excluding carboxylic acids is 2. The molecule has 0 fully saturated rings. The number of ether oxygens (including phenoxy) is 3. The van der Waals surface area contributed by atoms with Crippen LogP contribution < -0.4 is 20.2 Å². The van der Waals surface area contributed by atoms with Crippen molar-refractivity contribution in [2.45, 2.75) is 26.0 Å². The molecule has 3 N–H and O–H groups in total. The fourth-order valence-corrected chi connectivity index (χ4v) is 3.02. The molecule has 0 spiro atoms. The lowest BCUT2D eigenvalue weighted by molar-refractivity contribution is -0.123. The topological polar surface area (TPSA) is 127 Å². The zero-order chi connectivity index (χ0) is 24.2. The van der Waals surface area contributed by atoms with Crippen molar-refractivity contribution in [3.63, 3.8) is 0 Å². The SMILES string of the molecule is CCOc1cc(/C=N\NC(=O)[C@@H](Cc2cnc[nH]2)NC(=O)OCc2ccccc2)ccc1OC. The van der Waals surface area contributed by atoms with Crippen LogP contribution in [0, 0.1) is 0 Å². The van der Waals surface area contributed by atoms with E-state index in [1.165, 1.54) is 12.5 Å². The van der Waals surface area contributed by atoms with Crippen LogP contribution in [-0.4, -0.2) is 47.9 Å². The van der Waals surface area contributed by atoms with Gasteiger partial charge in [-0.2, -0.15) is 5.10 Å². The third-order valence-corrected chi connectivity index (χ3v) is 4.68. The van der Waals surface area contributed by atoms with Gasteiger partial charge in [0, 0.05) is 18.3 Å². The third kappa shape index (κ3) is 7.37. The van der Waals surface area contributed by atoms with E-state index in [0.717, 1.165) is 5.56 Å². The average molecular weight is 466 g/mol. The van der Waals surface area contributed by atoms with Crippen LogP contribution in [0.3, 0.4) is 0 Å². The van der Waals surface area contributed by atoms with Crippen LogP contribution in [0.5, 0.6) is 11.5 Å². The minimum absolute atomic E-state index is 0.0862. The van der Waals surface area contributed by atoms with Crippen LogP contribution in [0.25, 0.3) is 0 Å². The lowest BCUT2D eigenvalue weighted by Gasteiger charge is -2.16. The molecule has 0 radical (unpaired) electrons. The van der Waals surface area contributed by atoms with E-state index in [1.54, 1.807) is 31.5 Å². The second kappa shape index (κ2) is 12.6. The van der Waals surface area contributed by atoms with E-state index in [0.29, 0.717) is 29.4 Å². The lowest BCUT2D eigenvalue weighted by Crippen LogP contribution is -2.47. The number of nitrogens with zero attached hydrogens (tertiary/aromatic N) is 2. The predicted molar refractivity (Wildman–Crippen MR) is 126 cm³/mol. The Balaban J connectivity index is 1.62. The number of alkyl carbamates (subject to hydrolysis) is 1. The van der Waals surface area contributed by atoms with Gasteiger partial charge in [-0.1, -0.05) is 30.3 Å². The number of methoxy groups -OCH3 is 1. The minimum Gasteiger partial charge on any atom is -0.493 e. The smallest absolute Gasteiger partial charge is 0.408 e. The minimum atomic E-state index is -0.935. The van der Waals surface area contributed by atoms with Crippen molar-refractivity contribution < 1.29 is 23.8 Å². The third-order valence-electron chi connectivity index (χ3n) is 4.68. The summed E-state index contributed by atoms with van der Waals surface area (Å²) in [6.07, 6.45) is 4.01. The Labute approximate surface area is 197 Å². The zero-order valence-electron chi connectivity index (χ0n) is 19.0. The van der Waals surface area contributed by atoms with Crippen LogP contribution >= 0.6 is 0 Å². The molecule has 1 atom stereocenters. The van der Waals surface area contributed by atoms with Crippen molar-refractivity contribution in [2.75, 3.05) is 13.7 Å². The largest absolute Gasteiger partial charge is 0.493 e. The molecule has 0 bridgehead atoms. The number of H-pyrrole nitrogens is 1. The van der Waals surface area contributed by atoms with Crippen molar-refractivity contribution >= 4 is 18.2 Å². The van der Waals surface area contributed by atoms with Crippen molar-refractivity contribution in [1.29, 1.82) is 0 Å². The highest BCUT2D eigenvalue weighted by Gasteiger charge is 2.22. The van der Waals surface area contributed by atoms with Gasteiger partial charge in [0.05, 0.1) is 26.3 Å². The van der Waals surface area contributed by atoms with Crippen molar-refractivity contribution in [1.82, 2.24) is 20.7 Å². The number of aromatic amines is 1. The number of imidazole rings is 1. The van der Waals surface area contributed by atoms with E-state index in [2.05, 4.69) is 25.8 Å². The fourth-order valence-electron chi connectivity index (χ4n) is 3.02. The van der Waals surface area contributed by atoms with E-state index in [1.807, 2.05) is 37.3 Å². The van der Waals surface area contributed by atoms with Gasteiger partial charge >= 0.3 is 6.09 Å². The second-order valence-electron chi connectivity index (χ2n) is 7.12. The molecule has 10 nitrogen and oxygen atoms in total. The lowest BCUT2D eigenvalue weighted by atomic mass is 10.1. The number of rotatable bonds is 11. The van der Waals surface area contributed by atoms with Crippen LogP contribution in [-0.2, 0) is 22.6 Å². The highest BCUT2D eigenvalue weighted by molar-refractivity contribution is 5.87. The summed E-state index contributed by atoms with van der Waals surface area (Å²) >= 11 is 0. The molecule has 0 saturated carbocycles. The number of benzene rings is 2. The average Bonchev–Trinajstić information content (AvgIpc) is 3.36. The molecule has 2 aromatic carbocycles. The Morgan fingerprint density at radius 1 is 1.18 bits per heavy atom. The van der Waals surface area contributed by atoms with Gasteiger partial charge < -0.3 is 24.5 Å². The molecule has 0 unspecified atom stereocenters. The predicted octanol–water partition coefficient (Wildman–Crippen LogP) is 2.80. The molecule has 0 aliphatic heterocycles. The van der Waals surface area contributed by atoms with Gasteiger partial charge in [-0.15, -0.1) is 0 Å². The number of amides is 2. The molecule has 0 aliphatic rings. The molecule has 0 saturated heterocycles. The van der Waals surface area contributed by atoms with Gasteiger partial charge in [0.15, 0.2) is 11.5 Å². The maximum absolute atomic E-state index is 12.8. The van der Waals surface area contributed by atoms with Crippen molar-refractivity contribution in [3.05, 3.63) is 77.9 Å². The Hall–Kier alpha value is -4.34. The summed E-state index contributed by atoms with van der Waals surface area (Å²) in [6, 6.07) is 13.6. The number of hydrogen-bond donors (Lipinski definition) is 3. The summed E-state index contributed by atoms with van der Waals surface area (Å²) in [4.78, 5) is 31.9. The normalized spacial score (nSPS) is 11.6. The Kier molecular flexibility index (Phi) is 9.03. The van der Waals surface area contributed by atoms with Crippen LogP contribution in [0.4, 0.5) is 4.79 Å². The molecule has 2 amide bonds. The maximum atomic E-state index is 12.8. The number of nitrogens with one attached hydrogen (secondary N) is 3. The van der Waals surface area contributed by atoms with Crippen LogP contribution in [0.2, 0.25) is 0 Å². The first-order valence-electron chi connectivity index (χ1n) is 10.7. The summed E-state index contributed by atoms with van der Waals surface area (Å²) in [5, 5.41) is 6.59. The monoisotopic (exact) mass is 465 g/mol. The number of hydrazone groups is 1. The van der Waals surface area contributed by atoms with Gasteiger partial charge in [0.2, 0.25) is 0 Å². The Bertz CT molecular complexity index is 1090. The summed E-state index contributed by atoms with van der Waals surface area (Å²) < 4.78 is 16.0. The molecular weight excluding hydrogens is 438 g/mol. The van der Waals surface area contributed by atoms with Gasteiger partial charge in [0.1, 0.15) is 12.6 Å². The van der Waals surface area contributed by atoms with Gasteiger partial charge in [0.25, 0.3) is 5.91 Å². The van der Waals surface area contributed by atoms with Gasteiger partial charge in [-0.05, 0) is 36.2 Å². The highest BCUT2D eigenvalue weighted by Crippen LogP contribution is 2.27. The van der Waals surface area contributed by atoms with E-state index in [-0.39, 0.29) is 13.0 Å². The molecule has 0 aliphatic carbocycles. The number of carbonyl (C=O) groups is 2. The first kappa shape index (κ1) is 24.3. The molecule has 3 aromatic rings. The first-order valence-corrected chi connectivity index (χ1v) is 10.7. The zero-order valence-corrected chi connectivity index (χ0v) is 19.0. The molecule has 178 valence electrons. The molecule has 3 rings (SSSR count). The second-order valence-corrected chi connectivity index (χ2v) is 7.12. The molecule has 1 aromatic heterocycles. The summed E-state index contributed by atoms with van der Waals surface area (Å²) in [5.74, 6) is 0.655. The molecule has 1 heterocycles. The quantitative estimate of drug-likeness (QED) is 0.295. The van der Waals surface area contributed by atoms with Crippen molar-refractivity contribution in [3.8, 4) is 11.5 Å². The fraction of sp³-hybridized carbons (Fsp3) is 0.250. The molecule has 10 heteroatoms. The molecule has 34 heavy (non-hydrogen) atoms. The van der Waals surface area contributed by atoms with Crippen molar-refractivity contribution in [2.24, 2.45) is 5.10 Å². The van der Waals surface area contributed by atoms with Gasteiger partial charge in [-0.25, -0.2) is 15.2 Å². The standard InChI is InChI=1S/C24H27N5O5/c1-3-33-22-11-18(9-10-21(22)32-2)13-27-29-23(30)20(12-19-14-25-16-26-19)28-24(31)34-15-17-7-5-4-6-8-17/h4-11,13-14,16,20H,3,12,15H2,1-2H3,(H,25,26)(H,28,31)(H,29,30)/b27-13-/t20-/m1/s1. The number of hydrogen-bond acceptors (Lipinski definition) is 7. The Morgan fingerprint density at radius 2 is 2.00 bits per heavy atom. The maximum Gasteiger partial charge on any atom is 0.408 e. The first-order chi connectivity index (χ1) is 16.6.